The van der Waals surface area contributed by atoms with Crippen molar-refractivity contribution >= 4 is 11.9 Å². The van der Waals surface area contributed by atoms with E-state index in [2.05, 4.69) is 5.32 Å². The Morgan fingerprint density at radius 1 is 1.19 bits per heavy atom. The Balaban J connectivity index is 2.26. The van der Waals surface area contributed by atoms with Crippen molar-refractivity contribution in [1.82, 2.24) is 5.32 Å². The molecule has 92 valence electrons. The third kappa shape index (κ3) is 4.21. The smallest absolute Gasteiger partial charge is 0.407 e. The summed E-state index contributed by atoms with van der Waals surface area (Å²) in [6, 6.07) is 0.168. The van der Waals surface area contributed by atoms with E-state index < -0.39 is 0 Å². The molecule has 0 aromatic rings. The zero-order chi connectivity index (χ0) is 12.1. The van der Waals surface area contributed by atoms with Crippen molar-refractivity contribution in [3.05, 3.63) is 0 Å². The van der Waals surface area contributed by atoms with E-state index in [9.17, 15) is 9.59 Å². The maximum Gasteiger partial charge on any atom is 0.407 e. The summed E-state index contributed by atoms with van der Waals surface area (Å²) < 4.78 is 5.01. The van der Waals surface area contributed by atoms with Gasteiger partial charge in [0.1, 0.15) is 5.78 Å². The molecule has 1 aliphatic rings. The van der Waals surface area contributed by atoms with Crippen LogP contribution in [-0.2, 0) is 9.53 Å². The second kappa shape index (κ2) is 5.87. The number of hydrogen-bond acceptors (Lipinski definition) is 3. The maximum absolute atomic E-state index is 11.3. The third-order valence-electron chi connectivity index (χ3n) is 2.97. The molecule has 4 heteroatoms. The Bertz CT molecular complexity index is 255. The zero-order valence-corrected chi connectivity index (χ0v) is 10.3. The molecule has 1 N–H and O–H groups in total. The van der Waals surface area contributed by atoms with Gasteiger partial charge in [0.15, 0.2) is 0 Å². The van der Waals surface area contributed by atoms with E-state index in [1.165, 1.54) is 0 Å². The number of Topliss-reactive ketones (excluding diaryl/α,β-unsaturated/α-hetero) is 1. The number of carbonyl (C=O) groups is 2. The first-order valence-corrected chi connectivity index (χ1v) is 5.96. The quantitative estimate of drug-likeness (QED) is 0.804. The standard InChI is InChI=1S/C12H21NO3/c1-8(2)16-12(15)13-11-6-4-10(5-7-11)9(3)14/h8,10-11H,4-7H2,1-3H3,(H,13,15)/t10-,11-. The molecule has 0 unspecified atom stereocenters. The average Bonchev–Trinajstić information content (AvgIpc) is 2.16. The molecule has 0 aromatic carbocycles. The number of alkyl carbamates (subject to hydrolysis) is 1. The number of nitrogens with one attached hydrogen (secondary N) is 1. The van der Waals surface area contributed by atoms with Crippen molar-refractivity contribution in [3.8, 4) is 0 Å². The van der Waals surface area contributed by atoms with Gasteiger partial charge in [-0.15, -0.1) is 0 Å². The monoisotopic (exact) mass is 227 g/mol. The lowest BCUT2D eigenvalue weighted by Crippen LogP contribution is -2.39. The van der Waals surface area contributed by atoms with E-state index in [1.807, 2.05) is 13.8 Å². The molecule has 1 fully saturated rings. The Labute approximate surface area is 96.7 Å². The molecule has 0 spiro atoms. The predicted molar refractivity (Wildman–Crippen MR) is 61.2 cm³/mol. The number of amides is 1. The largest absolute Gasteiger partial charge is 0.447 e. The Morgan fingerprint density at radius 2 is 1.75 bits per heavy atom. The van der Waals surface area contributed by atoms with E-state index in [-0.39, 0.29) is 29.9 Å². The van der Waals surface area contributed by atoms with Crippen LogP contribution in [0.1, 0.15) is 46.5 Å². The van der Waals surface area contributed by atoms with Gasteiger partial charge in [0.2, 0.25) is 0 Å². The van der Waals surface area contributed by atoms with Gasteiger partial charge in [0.05, 0.1) is 6.10 Å². The third-order valence-corrected chi connectivity index (χ3v) is 2.97. The van der Waals surface area contributed by atoms with Crippen LogP contribution in [0.3, 0.4) is 0 Å². The van der Waals surface area contributed by atoms with Crippen molar-refractivity contribution in [1.29, 1.82) is 0 Å². The second-order valence-corrected chi connectivity index (χ2v) is 4.76. The molecule has 0 saturated heterocycles. The Kier molecular flexibility index (Phi) is 4.77. The van der Waals surface area contributed by atoms with Gasteiger partial charge < -0.3 is 10.1 Å². The summed E-state index contributed by atoms with van der Waals surface area (Å²) in [7, 11) is 0. The van der Waals surface area contributed by atoms with E-state index in [4.69, 9.17) is 4.74 Å². The highest BCUT2D eigenvalue weighted by atomic mass is 16.6. The van der Waals surface area contributed by atoms with Crippen molar-refractivity contribution in [3.63, 3.8) is 0 Å². The molecule has 0 aromatic heterocycles. The lowest BCUT2D eigenvalue weighted by Gasteiger charge is -2.27. The summed E-state index contributed by atoms with van der Waals surface area (Å²) >= 11 is 0. The van der Waals surface area contributed by atoms with Gasteiger partial charge in [-0.2, -0.15) is 0 Å². The van der Waals surface area contributed by atoms with E-state index >= 15 is 0 Å². The molecular formula is C12H21NO3. The van der Waals surface area contributed by atoms with Gasteiger partial charge in [-0.1, -0.05) is 0 Å². The fraction of sp³-hybridized carbons (Fsp3) is 0.833. The number of ketones is 1. The molecule has 0 aliphatic heterocycles. The van der Waals surface area contributed by atoms with E-state index in [0.717, 1.165) is 25.7 Å². The van der Waals surface area contributed by atoms with E-state index in [0.29, 0.717) is 0 Å². The maximum atomic E-state index is 11.3. The van der Waals surface area contributed by atoms with Crippen molar-refractivity contribution < 1.29 is 14.3 Å². The van der Waals surface area contributed by atoms with Crippen LogP contribution < -0.4 is 5.32 Å². The minimum Gasteiger partial charge on any atom is -0.447 e. The van der Waals surface area contributed by atoms with Crippen LogP contribution in [-0.4, -0.2) is 24.0 Å². The van der Waals surface area contributed by atoms with Crippen LogP contribution in [0.5, 0.6) is 0 Å². The van der Waals surface area contributed by atoms with Crippen LogP contribution in [0, 0.1) is 5.92 Å². The normalized spacial score (nSPS) is 25.2. The molecule has 1 aliphatic carbocycles. The van der Waals surface area contributed by atoms with Gasteiger partial charge in [-0.3, -0.25) is 4.79 Å². The van der Waals surface area contributed by atoms with Gasteiger partial charge in [0.25, 0.3) is 0 Å². The zero-order valence-electron chi connectivity index (χ0n) is 10.3. The highest BCUT2D eigenvalue weighted by Gasteiger charge is 2.25. The van der Waals surface area contributed by atoms with E-state index in [1.54, 1.807) is 6.92 Å². The molecule has 0 atom stereocenters. The Hall–Kier alpha value is -1.06. The first kappa shape index (κ1) is 13.0. The molecule has 1 saturated carbocycles. The van der Waals surface area contributed by atoms with Crippen LogP contribution in [0.25, 0.3) is 0 Å². The fourth-order valence-electron chi connectivity index (χ4n) is 2.06. The minimum atomic E-state index is -0.346. The van der Waals surface area contributed by atoms with Crippen LogP contribution in [0.4, 0.5) is 4.79 Å². The van der Waals surface area contributed by atoms with Gasteiger partial charge in [0, 0.05) is 12.0 Å². The number of ether oxygens (including phenoxy) is 1. The van der Waals surface area contributed by atoms with Crippen LogP contribution in [0.15, 0.2) is 0 Å². The highest BCUT2D eigenvalue weighted by molar-refractivity contribution is 5.78. The molecule has 16 heavy (non-hydrogen) atoms. The van der Waals surface area contributed by atoms with Crippen LogP contribution in [0.2, 0.25) is 0 Å². The molecule has 0 bridgehead atoms. The lowest BCUT2D eigenvalue weighted by atomic mass is 9.84. The van der Waals surface area contributed by atoms with Crippen molar-refractivity contribution in [2.75, 3.05) is 0 Å². The first-order valence-electron chi connectivity index (χ1n) is 5.96. The number of hydrogen-bond donors (Lipinski definition) is 1. The van der Waals surface area contributed by atoms with Gasteiger partial charge in [-0.25, -0.2) is 4.79 Å². The SMILES string of the molecule is CC(=O)[C@H]1CC[C@H](NC(=O)OC(C)C)CC1. The number of rotatable bonds is 3. The van der Waals surface area contributed by atoms with Crippen molar-refractivity contribution in [2.24, 2.45) is 5.92 Å². The fourth-order valence-corrected chi connectivity index (χ4v) is 2.06. The molecule has 4 nitrogen and oxygen atoms in total. The highest BCUT2D eigenvalue weighted by Crippen LogP contribution is 2.24. The van der Waals surface area contributed by atoms with Gasteiger partial charge >= 0.3 is 6.09 Å². The lowest BCUT2D eigenvalue weighted by molar-refractivity contribution is -0.121. The van der Waals surface area contributed by atoms with Gasteiger partial charge in [-0.05, 0) is 46.5 Å². The molecule has 0 radical (unpaired) electrons. The summed E-state index contributed by atoms with van der Waals surface area (Å²) in [6.07, 6.45) is 3.06. The minimum absolute atomic E-state index is 0.0893. The second-order valence-electron chi connectivity index (χ2n) is 4.76. The Morgan fingerprint density at radius 3 is 2.19 bits per heavy atom. The summed E-state index contributed by atoms with van der Waals surface area (Å²) in [5.74, 6) is 0.461. The average molecular weight is 227 g/mol. The summed E-state index contributed by atoms with van der Waals surface area (Å²) in [4.78, 5) is 22.5. The topological polar surface area (TPSA) is 55.4 Å². The molecular weight excluding hydrogens is 206 g/mol. The molecule has 1 amide bonds. The molecule has 1 rings (SSSR count). The van der Waals surface area contributed by atoms with Crippen LogP contribution >= 0.6 is 0 Å². The summed E-state index contributed by atoms with van der Waals surface area (Å²) in [5.41, 5.74) is 0. The first-order chi connectivity index (χ1) is 7.49. The number of carbonyl (C=O) groups excluding carboxylic acids is 2. The molecule has 0 heterocycles. The predicted octanol–water partition coefficient (Wildman–Crippen LogP) is 2.27. The summed E-state index contributed by atoms with van der Waals surface area (Å²) in [5, 5.41) is 2.84. The van der Waals surface area contributed by atoms with Crippen molar-refractivity contribution in [2.45, 2.75) is 58.6 Å². The summed E-state index contributed by atoms with van der Waals surface area (Å²) in [6.45, 7) is 5.30.